The molecule has 2 rings (SSSR count). The highest BCUT2D eigenvalue weighted by atomic mass is 32.2. The Morgan fingerprint density at radius 1 is 1.27 bits per heavy atom. The van der Waals surface area contributed by atoms with Crippen LogP contribution in [0, 0.1) is 5.92 Å². The zero-order valence-corrected chi connectivity index (χ0v) is 15.8. The Hall–Kier alpha value is -2.13. The first-order valence-corrected chi connectivity index (χ1v) is 10.1. The summed E-state index contributed by atoms with van der Waals surface area (Å²) in [6, 6.07) is 4.41. The standard InChI is InChI=1S/C17H25N3O5S/c1-3-16(21)19-14-11-13(5-6-15(14)25-4-2)26(23,24)20-9-7-12(8-10-20)17(18)22/h5-6,11-12H,3-4,7-10H2,1-2H3,(H2,18,22)(H,19,21). The van der Waals surface area contributed by atoms with E-state index in [0.29, 0.717) is 30.9 Å². The molecule has 26 heavy (non-hydrogen) atoms. The number of piperidine rings is 1. The van der Waals surface area contributed by atoms with Crippen LogP contribution in [0.5, 0.6) is 5.75 Å². The van der Waals surface area contributed by atoms with Gasteiger partial charge in [-0.1, -0.05) is 6.92 Å². The van der Waals surface area contributed by atoms with Gasteiger partial charge < -0.3 is 15.8 Å². The van der Waals surface area contributed by atoms with Crippen LogP contribution in [0.4, 0.5) is 5.69 Å². The fourth-order valence-corrected chi connectivity index (χ4v) is 4.31. The highest BCUT2D eigenvalue weighted by Crippen LogP contribution is 2.31. The van der Waals surface area contributed by atoms with Gasteiger partial charge in [0.15, 0.2) is 0 Å². The molecule has 9 heteroatoms. The van der Waals surface area contributed by atoms with Gasteiger partial charge >= 0.3 is 0 Å². The van der Waals surface area contributed by atoms with E-state index in [9.17, 15) is 18.0 Å². The number of nitrogens with zero attached hydrogens (tertiary/aromatic N) is 1. The smallest absolute Gasteiger partial charge is 0.243 e. The second kappa shape index (κ2) is 8.50. The lowest BCUT2D eigenvalue weighted by Gasteiger charge is -2.29. The molecule has 1 aromatic rings. The van der Waals surface area contributed by atoms with Crippen LogP contribution in [0.25, 0.3) is 0 Å². The normalized spacial score (nSPS) is 16.2. The fraction of sp³-hybridized carbons (Fsp3) is 0.529. The van der Waals surface area contributed by atoms with E-state index < -0.39 is 15.9 Å². The van der Waals surface area contributed by atoms with Crippen LogP contribution in [0.15, 0.2) is 23.1 Å². The number of ether oxygens (including phenoxy) is 1. The van der Waals surface area contributed by atoms with E-state index in [2.05, 4.69) is 5.32 Å². The van der Waals surface area contributed by atoms with Crippen molar-refractivity contribution in [3.63, 3.8) is 0 Å². The highest BCUT2D eigenvalue weighted by molar-refractivity contribution is 7.89. The third-order valence-corrected chi connectivity index (χ3v) is 6.23. The summed E-state index contributed by atoms with van der Waals surface area (Å²) in [4.78, 5) is 23.1. The summed E-state index contributed by atoms with van der Waals surface area (Å²) in [6.07, 6.45) is 1.08. The van der Waals surface area contributed by atoms with E-state index in [-0.39, 0.29) is 36.2 Å². The van der Waals surface area contributed by atoms with Crippen LogP contribution in [0.2, 0.25) is 0 Å². The lowest BCUT2D eigenvalue weighted by molar-refractivity contribution is -0.122. The number of carbonyl (C=O) groups is 2. The van der Waals surface area contributed by atoms with Crippen molar-refractivity contribution in [1.82, 2.24) is 4.31 Å². The molecule has 0 aliphatic carbocycles. The maximum absolute atomic E-state index is 12.9. The van der Waals surface area contributed by atoms with Crippen molar-refractivity contribution < 1.29 is 22.7 Å². The lowest BCUT2D eigenvalue weighted by atomic mass is 9.98. The number of sulfonamides is 1. The topological polar surface area (TPSA) is 119 Å². The van der Waals surface area contributed by atoms with Gasteiger partial charge in [-0.05, 0) is 38.0 Å². The van der Waals surface area contributed by atoms with Crippen LogP contribution >= 0.6 is 0 Å². The van der Waals surface area contributed by atoms with E-state index in [0.717, 1.165) is 0 Å². The van der Waals surface area contributed by atoms with Gasteiger partial charge in [0.05, 0.1) is 17.2 Å². The van der Waals surface area contributed by atoms with Crippen molar-refractivity contribution in [2.45, 2.75) is 38.0 Å². The van der Waals surface area contributed by atoms with Crippen molar-refractivity contribution >= 4 is 27.5 Å². The van der Waals surface area contributed by atoms with Crippen LogP contribution < -0.4 is 15.8 Å². The quantitative estimate of drug-likeness (QED) is 0.736. The zero-order valence-electron chi connectivity index (χ0n) is 15.0. The maximum Gasteiger partial charge on any atom is 0.243 e. The molecule has 1 saturated heterocycles. The number of hydrogen-bond acceptors (Lipinski definition) is 5. The number of rotatable bonds is 7. The van der Waals surface area contributed by atoms with E-state index >= 15 is 0 Å². The van der Waals surface area contributed by atoms with E-state index in [1.54, 1.807) is 13.8 Å². The summed E-state index contributed by atoms with van der Waals surface area (Å²) < 4.78 is 32.6. The molecule has 0 saturated carbocycles. The third kappa shape index (κ3) is 4.53. The van der Waals surface area contributed by atoms with Gasteiger partial charge in [0.1, 0.15) is 5.75 Å². The number of carbonyl (C=O) groups excluding carboxylic acids is 2. The van der Waals surface area contributed by atoms with Gasteiger partial charge in [0.25, 0.3) is 0 Å². The molecule has 0 unspecified atom stereocenters. The van der Waals surface area contributed by atoms with Crippen molar-refractivity contribution in [3.8, 4) is 5.75 Å². The van der Waals surface area contributed by atoms with Gasteiger partial charge in [0, 0.05) is 25.4 Å². The largest absolute Gasteiger partial charge is 0.492 e. The molecule has 1 heterocycles. The number of anilines is 1. The molecule has 0 atom stereocenters. The van der Waals surface area contributed by atoms with E-state index in [1.165, 1.54) is 22.5 Å². The first-order chi connectivity index (χ1) is 12.3. The lowest BCUT2D eigenvalue weighted by Crippen LogP contribution is -2.41. The van der Waals surface area contributed by atoms with Gasteiger partial charge in [-0.2, -0.15) is 4.31 Å². The molecule has 8 nitrogen and oxygen atoms in total. The van der Waals surface area contributed by atoms with Gasteiger partial charge in [0.2, 0.25) is 21.8 Å². The summed E-state index contributed by atoms with van der Waals surface area (Å²) in [5.74, 6) is -0.502. The molecule has 0 radical (unpaired) electrons. The van der Waals surface area contributed by atoms with Crippen molar-refractivity contribution in [3.05, 3.63) is 18.2 Å². The summed E-state index contributed by atoms with van der Waals surface area (Å²) in [5, 5.41) is 2.67. The third-order valence-electron chi connectivity index (χ3n) is 4.34. The minimum absolute atomic E-state index is 0.0740. The Labute approximate surface area is 153 Å². The minimum Gasteiger partial charge on any atom is -0.492 e. The summed E-state index contributed by atoms with van der Waals surface area (Å²) >= 11 is 0. The Morgan fingerprint density at radius 2 is 1.92 bits per heavy atom. The zero-order chi connectivity index (χ0) is 19.3. The van der Waals surface area contributed by atoms with Crippen molar-refractivity contribution in [2.75, 3.05) is 25.0 Å². The number of hydrogen-bond donors (Lipinski definition) is 2. The molecule has 2 amide bonds. The average Bonchev–Trinajstić information content (AvgIpc) is 2.63. The van der Waals surface area contributed by atoms with Crippen LogP contribution in [-0.4, -0.2) is 44.2 Å². The second-order valence-corrected chi connectivity index (χ2v) is 8.01. The van der Waals surface area contributed by atoms with E-state index in [1.807, 2.05) is 0 Å². The number of benzene rings is 1. The van der Waals surface area contributed by atoms with Crippen molar-refractivity contribution in [1.29, 1.82) is 0 Å². The summed E-state index contributed by atoms with van der Waals surface area (Å²) in [7, 11) is -3.73. The molecule has 1 aromatic carbocycles. The average molecular weight is 383 g/mol. The number of primary amides is 1. The monoisotopic (exact) mass is 383 g/mol. The molecule has 0 spiro atoms. The summed E-state index contributed by atoms with van der Waals surface area (Å²) in [5.41, 5.74) is 5.62. The minimum atomic E-state index is -3.73. The van der Waals surface area contributed by atoms with Crippen LogP contribution in [0.1, 0.15) is 33.1 Å². The van der Waals surface area contributed by atoms with Crippen molar-refractivity contribution in [2.24, 2.45) is 11.7 Å². The predicted octanol–water partition coefficient (Wildman–Crippen LogP) is 1.32. The van der Waals surface area contributed by atoms with Gasteiger partial charge in [-0.3, -0.25) is 9.59 Å². The highest BCUT2D eigenvalue weighted by Gasteiger charge is 2.31. The maximum atomic E-state index is 12.9. The number of nitrogens with two attached hydrogens (primary N) is 1. The van der Waals surface area contributed by atoms with Gasteiger partial charge in [-0.25, -0.2) is 8.42 Å². The Bertz CT molecular complexity index is 771. The Kier molecular flexibility index (Phi) is 6.60. The second-order valence-electron chi connectivity index (χ2n) is 6.07. The molecule has 1 aliphatic rings. The predicted molar refractivity (Wildman–Crippen MR) is 97.2 cm³/mol. The number of amides is 2. The molecule has 1 fully saturated rings. The molecule has 0 aromatic heterocycles. The first-order valence-electron chi connectivity index (χ1n) is 8.65. The Morgan fingerprint density at radius 3 is 2.46 bits per heavy atom. The molecule has 3 N–H and O–H groups in total. The van der Waals surface area contributed by atoms with Gasteiger partial charge in [-0.15, -0.1) is 0 Å². The van der Waals surface area contributed by atoms with Crippen LogP contribution in [-0.2, 0) is 19.6 Å². The molecular weight excluding hydrogens is 358 g/mol. The van der Waals surface area contributed by atoms with E-state index in [4.69, 9.17) is 10.5 Å². The molecule has 144 valence electrons. The molecule has 0 bridgehead atoms. The van der Waals surface area contributed by atoms with Crippen LogP contribution in [0.3, 0.4) is 0 Å². The summed E-state index contributed by atoms with van der Waals surface area (Å²) in [6.45, 7) is 4.37. The number of nitrogens with one attached hydrogen (secondary N) is 1. The first kappa shape index (κ1) is 20.2. The molecular formula is C17H25N3O5S. The SMILES string of the molecule is CCOc1ccc(S(=O)(=O)N2CCC(C(N)=O)CC2)cc1NC(=O)CC. The Balaban J connectivity index is 2.27. The molecule has 1 aliphatic heterocycles. The fourth-order valence-electron chi connectivity index (χ4n) is 2.82.